The Hall–Kier alpha value is 3.80. The molecule has 0 aromatic heterocycles. The van der Waals surface area contributed by atoms with Gasteiger partial charge < -0.3 is 164 Å². The van der Waals surface area contributed by atoms with Crippen LogP contribution < -0.4 is 0 Å². The third-order valence-corrected chi connectivity index (χ3v) is 0. The molecule has 0 radical (unpaired) electrons. The fourth-order valence-corrected chi connectivity index (χ4v) is 0. The molecular formula is H65Na5O30. The van der Waals surface area contributed by atoms with Crippen LogP contribution in [0.2, 0.25) is 0 Å². The summed E-state index contributed by atoms with van der Waals surface area (Å²) in [4.78, 5) is 0. The van der Waals surface area contributed by atoms with Gasteiger partial charge in [0.25, 0.3) is 0 Å². The summed E-state index contributed by atoms with van der Waals surface area (Å²) in [6, 6.07) is 0. The summed E-state index contributed by atoms with van der Waals surface area (Å²) in [5.41, 5.74) is 0. The first kappa shape index (κ1) is 3840. The minimum absolute atomic E-state index is 0. The molecular weight excluding hydrogens is 595 g/mol. The number of rotatable bonds is 0. The van der Waals surface area contributed by atoms with Crippen molar-refractivity contribution in [2.24, 2.45) is 0 Å². The molecule has 0 spiro atoms. The monoisotopic (exact) mass is 660 g/mol. The van der Waals surface area contributed by atoms with Crippen LogP contribution in [0, 0.1) is 0 Å². The zero-order valence-electron chi connectivity index (χ0n) is 15.0. The molecule has 250 valence electrons. The zero-order valence-corrected chi connectivity index (χ0v) is 15.0. The molecule has 0 aliphatic heterocycles. The van der Waals surface area contributed by atoms with Crippen molar-refractivity contribution in [1.82, 2.24) is 0 Å². The molecule has 0 aromatic rings. The molecule has 0 saturated carbocycles. The van der Waals surface area contributed by atoms with Crippen molar-refractivity contribution in [2.45, 2.75) is 0 Å². The first-order valence-corrected chi connectivity index (χ1v) is 0. The zero-order chi connectivity index (χ0) is 0. The van der Waals surface area contributed by atoms with Crippen LogP contribution in [-0.4, -0.2) is 312 Å². The van der Waals surface area contributed by atoms with Gasteiger partial charge in [0.05, 0.1) is 0 Å². The summed E-state index contributed by atoms with van der Waals surface area (Å²) in [6.07, 6.45) is 0. The van der Waals surface area contributed by atoms with Gasteiger partial charge in [-0.1, -0.05) is 0 Å². The second-order valence-corrected chi connectivity index (χ2v) is 0. The average Bonchev–Trinajstić information content (AvgIpc) is 0. The standard InChI is InChI=1S/5Na.30H2O.5H/h;;;;;30*1H2;;;;;. The number of hydrogen-bond donors (Lipinski definition) is 0. The van der Waals surface area contributed by atoms with Gasteiger partial charge in [0.1, 0.15) is 0 Å². The van der Waals surface area contributed by atoms with Crippen molar-refractivity contribution in [3.8, 4) is 0 Å². The average molecular weight is 660 g/mol. The fourth-order valence-electron chi connectivity index (χ4n) is 0. The molecule has 0 saturated heterocycles. The van der Waals surface area contributed by atoms with E-state index in [1.165, 1.54) is 0 Å². The van der Waals surface area contributed by atoms with E-state index in [0.717, 1.165) is 0 Å². The Kier molecular flexibility index (Phi) is 389000. The van der Waals surface area contributed by atoms with E-state index in [4.69, 9.17) is 0 Å². The van der Waals surface area contributed by atoms with Crippen LogP contribution in [0.1, 0.15) is 0 Å². The van der Waals surface area contributed by atoms with E-state index in [1.54, 1.807) is 0 Å². The van der Waals surface area contributed by atoms with E-state index in [2.05, 4.69) is 0 Å². The Morgan fingerprint density at radius 3 is 0.0571 bits per heavy atom. The summed E-state index contributed by atoms with van der Waals surface area (Å²) in [5, 5.41) is 0. The van der Waals surface area contributed by atoms with Gasteiger partial charge in [0, 0.05) is 0 Å². The Morgan fingerprint density at radius 2 is 0.0571 bits per heavy atom. The van der Waals surface area contributed by atoms with Crippen LogP contribution in [0.5, 0.6) is 0 Å². The third kappa shape index (κ3) is 3350. The van der Waals surface area contributed by atoms with Gasteiger partial charge in [0.15, 0.2) is 0 Å². The molecule has 0 heterocycles. The van der Waals surface area contributed by atoms with E-state index >= 15 is 0 Å². The Morgan fingerprint density at radius 1 is 0.0571 bits per heavy atom. The van der Waals surface area contributed by atoms with Crippen molar-refractivity contribution >= 4 is 148 Å². The molecule has 0 atom stereocenters. The topological polar surface area (TPSA) is 945 Å². The third-order valence-electron chi connectivity index (χ3n) is 0. The molecule has 60 N–H and O–H groups in total. The first-order valence-electron chi connectivity index (χ1n) is 0. The second-order valence-electron chi connectivity index (χ2n) is 0. The maximum absolute atomic E-state index is 0. The van der Waals surface area contributed by atoms with Crippen LogP contribution in [0.3, 0.4) is 0 Å². The van der Waals surface area contributed by atoms with Crippen LogP contribution in [0.4, 0.5) is 0 Å². The van der Waals surface area contributed by atoms with Crippen molar-refractivity contribution in [2.75, 3.05) is 0 Å². The van der Waals surface area contributed by atoms with Crippen molar-refractivity contribution in [3.05, 3.63) is 0 Å². The molecule has 0 rings (SSSR count). The minimum atomic E-state index is 0. The molecule has 0 fully saturated rings. The van der Waals surface area contributed by atoms with Gasteiger partial charge >= 0.3 is 148 Å². The van der Waals surface area contributed by atoms with E-state index < -0.39 is 0 Å². The molecule has 0 aromatic carbocycles. The predicted octanol–water partition coefficient (Wildman–Crippen LogP) is -28.0. The van der Waals surface area contributed by atoms with Gasteiger partial charge in [-0.25, -0.2) is 0 Å². The SMILES string of the molecule is O.O.O.O.O.O.O.O.O.O.O.O.O.O.O.O.O.O.O.O.O.O.O.O.O.O.O.O.O.O.[NaH].[NaH].[NaH].[NaH].[NaH]. The molecule has 35 heteroatoms. The molecule has 0 unspecified atom stereocenters. The molecule has 0 amide bonds. The van der Waals surface area contributed by atoms with Gasteiger partial charge in [0.2, 0.25) is 0 Å². The number of hydrogen-bond acceptors (Lipinski definition) is 0. The van der Waals surface area contributed by atoms with Crippen molar-refractivity contribution in [1.29, 1.82) is 0 Å². The van der Waals surface area contributed by atoms with Gasteiger partial charge in [-0.2, -0.15) is 0 Å². The summed E-state index contributed by atoms with van der Waals surface area (Å²) in [5.74, 6) is 0. The Labute approximate surface area is 308 Å². The van der Waals surface area contributed by atoms with Crippen LogP contribution in [-0.2, 0) is 0 Å². The fraction of sp³-hybridized carbons (Fsp3) is 0. The summed E-state index contributed by atoms with van der Waals surface area (Å²) < 4.78 is 0. The summed E-state index contributed by atoms with van der Waals surface area (Å²) >= 11 is 0. The Bertz CT molecular complexity index is 20.7. The normalized spacial score (nSPS) is 0. The molecule has 30 nitrogen and oxygen atoms in total. The van der Waals surface area contributed by atoms with Crippen LogP contribution in [0.15, 0.2) is 0 Å². The quantitative estimate of drug-likeness (QED) is 0.218. The van der Waals surface area contributed by atoms with Crippen LogP contribution in [0.25, 0.3) is 0 Å². The summed E-state index contributed by atoms with van der Waals surface area (Å²) in [7, 11) is 0. The first-order chi connectivity index (χ1) is 0. The molecule has 0 aliphatic carbocycles. The van der Waals surface area contributed by atoms with E-state index in [0.29, 0.717) is 0 Å². The predicted molar refractivity (Wildman–Crippen MR) is 144 cm³/mol. The Balaban J connectivity index is 0. The molecule has 35 heavy (non-hydrogen) atoms. The van der Waals surface area contributed by atoms with Crippen molar-refractivity contribution < 1.29 is 164 Å². The van der Waals surface area contributed by atoms with Crippen LogP contribution >= 0.6 is 0 Å². The van der Waals surface area contributed by atoms with E-state index in [1.807, 2.05) is 0 Å². The van der Waals surface area contributed by atoms with Gasteiger partial charge in [-0.05, 0) is 0 Å². The van der Waals surface area contributed by atoms with E-state index in [9.17, 15) is 0 Å². The van der Waals surface area contributed by atoms with E-state index in [-0.39, 0.29) is 312 Å². The molecule has 0 bridgehead atoms. The van der Waals surface area contributed by atoms with Gasteiger partial charge in [-0.3, -0.25) is 0 Å². The van der Waals surface area contributed by atoms with Gasteiger partial charge in [-0.15, -0.1) is 0 Å². The van der Waals surface area contributed by atoms with Crippen molar-refractivity contribution in [3.63, 3.8) is 0 Å². The summed E-state index contributed by atoms with van der Waals surface area (Å²) in [6.45, 7) is 0. The molecule has 0 aliphatic rings. The second kappa shape index (κ2) is 3550. The maximum atomic E-state index is 0.